The minimum Gasteiger partial charge on any atom is -0.324 e. The fourth-order valence-corrected chi connectivity index (χ4v) is 3.07. The van der Waals surface area contributed by atoms with Crippen LogP contribution in [-0.4, -0.2) is 24.1 Å². The van der Waals surface area contributed by atoms with Crippen LogP contribution < -0.4 is 0 Å². The van der Waals surface area contributed by atoms with Gasteiger partial charge in [0.2, 0.25) is 0 Å². The first-order valence-corrected chi connectivity index (χ1v) is 6.11. The van der Waals surface area contributed by atoms with Crippen LogP contribution in [0.4, 0.5) is 0 Å². The van der Waals surface area contributed by atoms with Gasteiger partial charge in [-0.1, -0.05) is 0 Å². The van der Waals surface area contributed by atoms with Crippen LogP contribution in [0, 0.1) is 0 Å². The van der Waals surface area contributed by atoms with Crippen LogP contribution in [0.2, 0.25) is 0 Å². The summed E-state index contributed by atoms with van der Waals surface area (Å²) in [5, 5.41) is 7.63. The van der Waals surface area contributed by atoms with E-state index in [1.165, 1.54) is 0 Å². The lowest BCUT2D eigenvalue weighted by atomic mass is 10.8. The third-order valence-corrected chi connectivity index (χ3v) is 4.84. The van der Waals surface area contributed by atoms with E-state index in [0.717, 1.165) is 0 Å². The molecule has 1 aliphatic rings. The molecule has 0 spiro atoms. The van der Waals surface area contributed by atoms with E-state index in [0.29, 0.717) is 12.5 Å². The molecule has 4 nitrogen and oxygen atoms in total. The van der Waals surface area contributed by atoms with Crippen molar-refractivity contribution in [3.8, 4) is 0 Å². The summed E-state index contributed by atoms with van der Waals surface area (Å²) in [4.78, 5) is 0. The minimum absolute atomic E-state index is 0.304. The summed E-state index contributed by atoms with van der Waals surface area (Å²) in [6.07, 6.45) is 0. The maximum absolute atomic E-state index is 12.0. The Kier molecular flexibility index (Phi) is 3.27. The number of hydrogen-bond donors (Lipinski definition) is 0. The van der Waals surface area contributed by atoms with Gasteiger partial charge in [-0.3, -0.25) is 4.57 Å². The highest BCUT2D eigenvalue weighted by Gasteiger charge is 2.41. The second kappa shape index (κ2) is 3.86. The number of azo groups is 1. The van der Waals surface area contributed by atoms with Crippen molar-refractivity contribution < 1.29 is 9.09 Å². The van der Waals surface area contributed by atoms with Crippen molar-refractivity contribution in [3.63, 3.8) is 0 Å². The van der Waals surface area contributed by atoms with E-state index in [1.807, 2.05) is 0 Å². The smallest absolute Gasteiger partial charge is 0.253 e. The third kappa shape index (κ3) is 1.70. The molecule has 12 heavy (non-hydrogen) atoms. The number of rotatable bonds is 3. The summed E-state index contributed by atoms with van der Waals surface area (Å²) < 4.78 is 17.2. The van der Waals surface area contributed by atoms with Gasteiger partial charge >= 0.3 is 0 Å². The average molecular weight is 211 g/mol. The molecule has 0 saturated carbocycles. The van der Waals surface area contributed by atoms with Crippen molar-refractivity contribution in [2.45, 2.75) is 25.4 Å². The molecule has 0 N–H and O–H groups in total. The van der Waals surface area contributed by atoms with Crippen LogP contribution >= 0.6 is 19.0 Å². The van der Waals surface area contributed by atoms with Crippen molar-refractivity contribution >= 4 is 19.0 Å². The molecule has 70 valence electrons. The summed E-state index contributed by atoms with van der Waals surface area (Å²) in [7, 11) is -2.69. The van der Waals surface area contributed by atoms with Crippen LogP contribution in [0.1, 0.15) is 13.8 Å². The largest absolute Gasteiger partial charge is 0.324 e. The van der Waals surface area contributed by atoms with Gasteiger partial charge in [-0.25, -0.2) is 0 Å². The molecule has 0 aromatic rings. The lowest BCUT2D eigenvalue weighted by molar-refractivity contribution is 0.328. The Balaban J connectivity index is 2.64. The second-order valence-electron chi connectivity index (χ2n) is 2.66. The zero-order chi connectivity index (χ0) is 9.19. The van der Waals surface area contributed by atoms with Crippen LogP contribution in [0.25, 0.3) is 0 Å². The number of halogens is 1. The van der Waals surface area contributed by atoms with E-state index in [1.54, 1.807) is 13.8 Å². The Hall–Kier alpha value is 0.0800. The molecule has 2 unspecified atom stereocenters. The van der Waals surface area contributed by atoms with Gasteiger partial charge in [-0.15, -0.1) is 11.6 Å². The first-order valence-electron chi connectivity index (χ1n) is 3.81. The van der Waals surface area contributed by atoms with Crippen molar-refractivity contribution in [2.75, 3.05) is 12.5 Å². The average Bonchev–Trinajstić information content (AvgIpc) is 2.30. The number of hydrogen-bond acceptors (Lipinski definition) is 4. The maximum atomic E-state index is 12.0. The summed E-state index contributed by atoms with van der Waals surface area (Å²) in [5.74, 6) is -0.268. The summed E-state index contributed by atoms with van der Waals surface area (Å²) in [5.41, 5.74) is 0. The van der Waals surface area contributed by atoms with Gasteiger partial charge in [0.25, 0.3) is 7.37 Å². The fourth-order valence-electron chi connectivity index (χ4n) is 1.04. The lowest BCUT2D eigenvalue weighted by Gasteiger charge is -2.17. The van der Waals surface area contributed by atoms with Gasteiger partial charge in [0.1, 0.15) is 11.6 Å². The Bertz CT molecular complexity index is 218. The highest BCUT2D eigenvalue weighted by atomic mass is 35.5. The van der Waals surface area contributed by atoms with Crippen LogP contribution in [-0.2, 0) is 9.09 Å². The zero-order valence-corrected chi connectivity index (χ0v) is 8.76. The predicted molar refractivity (Wildman–Crippen MR) is 48.1 cm³/mol. The van der Waals surface area contributed by atoms with E-state index in [-0.39, 0.29) is 11.6 Å². The van der Waals surface area contributed by atoms with E-state index in [4.69, 9.17) is 16.1 Å². The summed E-state index contributed by atoms with van der Waals surface area (Å²) in [6, 6.07) is 0. The molecule has 0 fully saturated rings. The van der Waals surface area contributed by atoms with Crippen molar-refractivity contribution in [2.24, 2.45) is 10.2 Å². The predicted octanol–water partition coefficient (Wildman–Crippen LogP) is 2.68. The lowest BCUT2D eigenvalue weighted by Crippen LogP contribution is -2.08. The fraction of sp³-hybridized carbons (Fsp3) is 1.00. The van der Waals surface area contributed by atoms with E-state index >= 15 is 0 Å². The SMILES string of the molecule is CC1N=NC(C)P1(=O)OCCCl. The van der Waals surface area contributed by atoms with E-state index < -0.39 is 7.37 Å². The molecule has 6 heteroatoms. The molecule has 1 heterocycles. The Labute approximate surface area is 76.8 Å². The standard InChI is InChI=1S/C6H12ClN2O2P/c1-5-8-9-6(2)12(5,10)11-4-3-7/h5-6H,3-4H2,1-2H3. The van der Waals surface area contributed by atoms with Crippen LogP contribution in [0.5, 0.6) is 0 Å². The molecular formula is C6H12ClN2O2P. The van der Waals surface area contributed by atoms with Gasteiger partial charge in [0.15, 0.2) is 0 Å². The van der Waals surface area contributed by atoms with Gasteiger partial charge < -0.3 is 4.52 Å². The molecule has 0 aromatic carbocycles. The van der Waals surface area contributed by atoms with E-state index in [9.17, 15) is 4.57 Å². The first kappa shape index (κ1) is 10.2. The Morgan fingerprint density at radius 2 is 1.92 bits per heavy atom. The van der Waals surface area contributed by atoms with E-state index in [2.05, 4.69) is 10.2 Å². The highest BCUT2D eigenvalue weighted by Crippen LogP contribution is 2.60. The van der Waals surface area contributed by atoms with Crippen LogP contribution in [0.15, 0.2) is 10.2 Å². The van der Waals surface area contributed by atoms with Gasteiger partial charge in [0.05, 0.1) is 6.61 Å². The maximum Gasteiger partial charge on any atom is 0.253 e. The Morgan fingerprint density at radius 1 is 1.42 bits per heavy atom. The third-order valence-electron chi connectivity index (χ3n) is 1.81. The van der Waals surface area contributed by atoms with Gasteiger partial charge in [-0.2, -0.15) is 10.2 Å². The summed E-state index contributed by atoms with van der Waals surface area (Å²) >= 11 is 5.43. The first-order chi connectivity index (χ1) is 5.61. The number of nitrogens with zero attached hydrogens (tertiary/aromatic N) is 2. The molecule has 0 saturated heterocycles. The monoisotopic (exact) mass is 210 g/mol. The summed E-state index contributed by atoms with van der Waals surface area (Å²) in [6.45, 7) is 3.81. The molecule has 2 atom stereocenters. The molecule has 1 rings (SSSR count). The van der Waals surface area contributed by atoms with Crippen molar-refractivity contribution in [1.29, 1.82) is 0 Å². The van der Waals surface area contributed by atoms with Gasteiger partial charge in [-0.05, 0) is 13.8 Å². The van der Waals surface area contributed by atoms with Gasteiger partial charge in [0, 0.05) is 5.88 Å². The topological polar surface area (TPSA) is 51.0 Å². The van der Waals surface area contributed by atoms with Crippen molar-refractivity contribution in [1.82, 2.24) is 0 Å². The second-order valence-corrected chi connectivity index (χ2v) is 6.08. The highest BCUT2D eigenvalue weighted by molar-refractivity contribution is 7.60. The molecule has 0 bridgehead atoms. The number of alkyl halides is 1. The van der Waals surface area contributed by atoms with Crippen molar-refractivity contribution in [3.05, 3.63) is 0 Å². The molecular weight excluding hydrogens is 199 g/mol. The quantitative estimate of drug-likeness (QED) is 0.531. The molecule has 0 aromatic heterocycles. The molecule has 1 aliphatic heterocycles. The molecule has 0 radical (unpaired) electrons. The molecule has 0 aliphatic carbocycles. The minimum atomic E-state index is -2.69. The Morgan fingerprint density at radius 3 is 2.33 bits per heavy atom. The molecule has 0 amide bonds. The van der Waals surface area contributed by atoms with Crippen LogP contribution in [0.3, 0.4) is 0 Å². The normalized spacial score (nSPS) is 40.6. The zero-order valence-electron chi connectivity index (χ0n) is 7.11.